The van der Waals surface area contributed by atoms with Gasteiger partial charge in [0.15, 0.2) is 5.69 Å². The van der Waals surface area contributed by atoms with Gasteiger partial charge < -0.3 is 10.1 Å². The maximum atomic E-state index is 11.9. The number of esters is 1. The van der Waals surface area contributed by atoms with Gasteiger partial charge in [0.25, 0.3) is 5.91 Å². The monoisotopic (exact) mass is 336 g/mol. The van der Waals surface area contributed by atoms with E-state index in [0.29, 0.717) is 24.5 Å². The lowest BCUT2D eigenvalue weighted by molar-refractivity contribution is -0.140. The van der Waals surface area contributed by atoms with Crippen LogP contribution in [0.15, 0.2) is 30.5 Å². The van der Waals surface area contributed by atoms with Gasteiger partial charge in [-0.1, -0.05) is 28.9 Å². The highest BCUT2D eigenvalue weighted by Gasteiger charge is 2.11. The Bertz CT molecular complexity index is 687. The van der Waals surface area contributed by atoms with Gasteiger partial charge in [0.2, 0.25) is 0 Å². The number of nitrogens with one attached hydrogen (secondary N) is 1. The van der Waals surface area contributed by atoms with Crippen molar-refractivity contribution in [2.45, 2.75) is 19.4 Å². The molecule has 8 heteroatoms. The van der Waals surface area contributed by atoms with E-state index < -0.39 is 0 Å². The van der Waals surface area contributed by atoms with Crippen LogP contribution < -0.4 is 5.32 Å². The van der Waals surface area contributed by atoms with Crippen molar-refractivity contribution in [2.24, 2.45) is 0 Å². The fraction of sp³-hybridized carbons (Fsp3) is 0.333. The molecule has 1 aromatic carbocycles. The molecular weight excluding hydrogens is 320 g/mol. The second kappa shape index (κ2) is 8.28. The van der Waals surface area contributed by atoms with E-state index in [9.17, 15) is 9.59 Å². The molecule has 0 saturated carbocycles. The first-order valence-corrected chi connectivity index (χ1v) is 7.46. The van der Waals surface area contributed by atoms with E-state index >= 15 is 0 Å². The zero-order valence-corrected chi connectivity index (χ0v) is 13.4. The fourth-order valence-corrected chi connectivity index (χ4v) is 2.14. The average molecular weight is 337 g/mol. The van der Waals surface area contributed by atoms with Crippen LogP contribution in [0.5, 0.6) is 0 Å². The molecule has 1 N–H and O–H groups in total. The molecule has 0 unspecified atom stereocenters. The quantitative estimate of drug-likeness (QED) is 0.614. The number of halogens is 1. The second-order valence-electron chi connectivity index (χ2n) is 4.87. The average Bonchev–Trinajstić information content (AvgIpc) is 2.99. The van der Waals surface area contributed by atoms with Crippen LogP contribution in [0, 0.1) is 0 Å². The van der Waals surface area contributed by atoms with Gasteiger partial charge >= 0.3 is 5.97 Å². The van der Waals surface area contributed by atoms with Crippen LogP contribution in [-0.2, 0) is 16.1 Å². The van der Waals surface area contributed by atoms with Crippen LogP contribution in [0.3, 0.4) is 0 Å². The van der Waals surface area contributed by atoms with Gasteiger partial charge in [0.1, 0.15) is 0 Å². The molecule has 0 aliphatic carbocycles. The number of benzene rings is 1. The summed E-state index contributed by atoms with van der Waals surface area (Å²) in [7, 11) is 1.33. The fourth-order valence-electron chi connectivity index (χ4n) is 1.93. The van der Waals surface area contributed by atoms with Crippen LogP contribution in [0.25, 0.3) is 0 Å². The Labute approximate surface area is 138 Å². The number of hydrogen-bond acceptors (Lipinski definition) is 5. The van der Waals surface area contributed by atoms with E-state index in [1.54, 1.807) is 16.9 Å². The van der Waals surface area contributed by atoms with Crippen LogP contribution >= 0.6 is 11.6 Å². The molecule has 0 spiro atoms. The van der Waals surface area contributed by atoms with Crippen molar-refractivity contribution in [2.75, 3.05) is 13.7 Å². The number of carbonyl (C=O) groups excluding carboxylic acids is 2. The van der Waals surface area contributed by atoms with Crippen molar-refractivity contribution >= 4 is 23.5 Å². The minimum Gasteiger partial charge on any atom is -0.469 e. The van der Waals surface area contributed by atoms with Crippen molar-refractivity contribution in [1.82, 2.24) is 20.3 Å². The molecule has 7 nitrogen and oxygen atoms in total. The molecular formula is C15H17ClN4O3. The lowest BCUT2D eigenvalue weighted by Crippen LogP contribution is -2.25. The molecule has 1 amide bonds. The van der Waals surface area contributed by atoms with Gasteiger partial charge in [-0.15, -0.1) is 5.10 Å². The highest BCUT2D eigenvalue weighted by atomic mass is 35.5. The Morgan fingerprint density at radius 2 is 2.22 bits per heavy atom. The van der Waals surface area contributed by atoms with E-state index in [1.807, 2.05) is 18.2 Å². The number of nitrogens with zero attached hydrogens (tertiary/aromatic N) is 3. The third-order valence-corrected chi connectivity index (χ3v) is 3.31. The zero-order chi connectivity index (χ0) is 16.7. The Balaban J connectivity index is 1.83. The normalized spacial score (nSPS) is 10.3. The standard InChI is InChI=1S/C15H17ClN4O3/c1-23-14(21)6-3-7-17-15(22)13-10-20(19-18-13)9-11-4-2-5-12(16)8-11/h2,4-5,8,10H,3,6-7,9H2,1H3,(H,17,22). The SMILES string of the molecule is COC(=O)CCCNC(=O)c1cn(Cc2cccc(Cl)c2)nn1. The molecule has 0 fully saturated rings. The lowest BCUT2D eigenvalue weighted by atomic mass is 10.2. The number of carbonyl (C=O) groups is 2. The summed E-state index contributed by atoms with van der Waals surface area (Å²) in [5.74, 6) is -0.626. The summed E-state index contributed by atoms with van der Waals surface area (Å²) in [5.41, 5.74) is 1.19. The summed E-state index contributed by atoms with van der Waals surface area (Å²) in [4.78, 5) is 22.9. The third kappa shape index (κ3) is 5.37. The van der Waals surface area contributed by atoms with Gasteiger partial charge in [-0.2, -0.15) is 0 Å². The molecule has 0 saturated heterocycles. The van der Waals surface area contributed by atoms with E-state index in [4.69, 9.17) is 11.6 Å². The van der Waals surface area contributed by atoms with Gasteiger partial charge in [-0.25, -0.2) is 4.68 Å². The Hall–Kier alpha value is -2.41. The number of hydrogen-bond donors (Lipinski definition) is 1. The number of amides is 1. The maximum absolute atomic E-state index is 11.9. The van der Waals surface area contributed by atoms with E-state index in [0.717, 1.165) is 5.56 Å². The Kier molecular flexibility index (Phi) is 6.10. The van der Waals surface area contributed by atoms with Crippen LogP contribution in [-0.4, -0.2) is 40.5 Å². The topological polar surface area (TPSA) is 86.1 Å². The molecule has 0 radical (unpaired) electrons. The second-order valence-corrected chi connectivity index (χ2v) is 5.30. The minimum atomic E-state index is -0.327. The molecule has 0 aliphatic rings. The first-order chi connectivity index (χ1) is 11.1. The summed E-state index contributed by atoms with van der Waals surface area (Å²) >= 11 is 5.93. The molecule has 1 heterocycles. The molecule has 0 bridgehead atoms. The summed E-state index contributed by atoms with van der Waals surface area (Å²) < 4.78 is 6.09. The van der Waals surface area contributed by atoms with Gasteiger partial charge in [-0.3, -0.25) is 9.59 Å². The van der Waals surface area contributed by atoms with Crippen molar-refractivity contribution in [1.29, 1.82) is 0 Å². The number of ether oxygens (including phenoxy) is 1. The van der Waals surface area contributed by atoms with E-state index in [1.165, 1.54) is 7.11 Å². The van der Waals surface area contributed by atoms with Crippen molar-refractivity contribution in [3.05, 3.63) is 46.7 Å². The highest BCUT2D eigenvalue weighted by molar-refractivity contribution is 6.30. The van der Waals surface area contributed by atoms with Gasteiger partial charge in [0, 0.05) is 18.0 Å². The maximum Gasteiger partial charge on any atom is 0.305 e. The largest absolute Gasteiger partial charge is 0.469 e. The summed E-state index contributed by atoms with van der Waals surface area (Å²) in [5, 5.41) is 11.1. The number of aromatic nitrogens is 3. The summed E-state index contributed by atoms with van der Waals surface area (Å²) in [6, 6.07) is 7.39. The smallest absolute Gasteiger partial charge is 0.305 e. The zero-order valence-electron chi connectivity index (χ0n) is 12.7. The first kappa shape index (κ1) is 17.0. The van der Waals surface area contributed by atoms with E-state index in [-0.39, 0.29) is 24.0 Å². The molecule has 2 rings (SSSR count). The molecule has 122 valence electrons. The Morgan fingerprint density at radius 1 is 1.39 bits per heavy atom. The van der Waals surface area contributed by atoms with Crippen LogP contribution in [0.1, 0.15) is 28.9 Å². The van der Waals surface area contributed by atoms with Crippen LogP contribution in [0.4, 0.5) is 0 Å². The van der Waals surface area contributed by atoms with E-state index in [2.05, 4.69) is 20.4 Å². The first-order valence-electron chi connectivity index (χ1n) is 7.08. The summed E-state index contributed by atoms with van der Waals surface area (Å²) in [6.45, 7) is 0.846. The van der Waals surface area contributed by atoms with Crippen molar-refractivity contribution < 1.29 is 14.3 Å². The molecule has 0 aliphatic heterocycles. The van der Waals surface area contributed by atoms with Gasteiger partial charge in [0.05, 0.1) is 19.9 Å². The Morgan fingerprint density at radius 3 is 2.96 bits per heavy atom. The highest BCUT2D eigenvalue weighted by Crippen LogP contribution is 2.11. The van der Waals surface area contributed by atoms with Crippen LogP contribution in [0.2, 0.25) is 5.02 Å². The molecule has 2 aromatic rings. The summed E-state index contributed by atoms with van der Waals surface area (Å²) in [6.07, 6.45) is 2.34. The third-order valence-electron chi connectivity index (χ3n) is 3.08. The number of rotatable bonds is 7. The lowest BCUT2D eigenvalue weighted by Gasteiger charge is -2.02. The van der Waals surface area contributed by atoms with Crippen molar-refractivity contribution in [3.63, 3.8) is 0 Å². The van der Waals surface area contributed by atoms with Crippen molar-refractivity contribution in [3.8, 4) is 0 Å². The number of methoxy groups -OCH3 is 1. The molecule has 1 aromatic heterocycles. The predicted molar refractivity (Wildman–Crippen MR) is 84.2 cm³/mol. The molecule has 0 atom stereocenters. The molecule has 23 heavy (non-hydrogen) atoms. The predicted octanol–water partition coefficient (Wildman–Crippen LogP) is 1.66. The minimum absolute atomic E-state index is 0.227. The van der Waals surface area contributed by atoms with Gasteiger partial charge in [-0.05, 0) is 24.1 Å².